The summed E-state index contributed by atoms with van der Waals surface area (Å²) in [4.78, 5) is 33.5. The second kappa shape index (κ2) is 11.0. The Balaban J connectivity index is 1.63. The lowest BCUT2D eigenvalue weighted by atomic mass is 10.0. The summed E-state index contributed by atoms with van der Waals surface area (Å²) in [6.45, 7) is 3.84. The number of anilines is 2. The highest BCUT2D eigenvalue weighted by Gasteiger charge is 2.22. The number of carbonyl (C=O) groups excluding carboxylic acids is 2. The van der Waals surface area contributed by atoms with E-state index in [1.54, 1.807) is 36.7 Å². The van der Waals surface area contributed by atoms with Crippen molar-refractivity contribution in [1.82, 2.24) is 20.6 Å². The number of nitrogens with one attached hydrogen (secondary N) is 3. The fourth-order valence-electron chi connectivity index (χ4n) is 3.01. The molecule has 0 bridgehead atoms. The maximum atomic E-state index is 12.7. The molecule has 164 valence electrons. The molecule has 0 fully saturated rings. The fraction of sp³-hybridized carbons (Fsp3) is 0.261. The van der Waals surface area contributed by atoms with Crippen LogP contribution in [0.3, 0.4) is 0 Å². The molecule has 0 aliphatic rings. The Kier molecular flexibility index (Phi) is 7.89. The van der Waals surface area contributed by atoms with E-state index in [4.69, 9.17) is 5.26 Å². The number of amides is 2. The molecule has 0 radical (unpaired) electrons. The summed E-state index contributed by atoms with van der Waals surface area (Å²) in [5, 5.41) is 20.0. The second-order valence-corrected chi connectivity index (χ2v) is 8.37. The summed E-state index contributed by atoms with van der Waals surface area (Å²) in [5.41, 5.74) is 2.23. The van der Waals surface area contributed by atoms with E-state index < -0.39 is 6.04 Å². The van der Waals surface area contributed by atoms with Crippen molar-refractivity contribution in [2.24, 2.45) is 5.92 Å². The lowest BCUT2D eigenvalue weighted by Crippen LogP contribution is -2.47. The van der Waals surface area contributed by atoms with Gasteiger partial charge in [-0.1, -0.05) is 13.8 Å². The number of carbonyl (C=O) groups is 2. The molecule has 1 atom stereocenters. The van der Waals surface area contributed by atoms with Crippen LogP contribution in [-0.4, -0.2) is 34.4 Å². The molecule has 9 heteroatoms. The number of pyridine rings is 1. The predicted molar refractivity (Wildman–Crippen MR) is 124 cm³/mol. The minimum atomic E-state index is -0.699. The summed E-state index contributed by atoms with van der Waals surface area (Å²) < 4.78 is 0. The van der Waals surface area contributed by atoms with Crippen LogP contribution in [0.25, 0.3) is 10.6 Å². The van der Waals surface area contributed by atoms with Crippen LogP contribution in [0.2, 0.25) is 0 Å². The molecule has 0 aliphatic heterocycles. The number of hydrogen-bond acceptors (Lipinski definition) is 7. The molecule has 3 N–H and O–H groups in total. The minimum absolute atomic E-state index is 0.0941. The molecule has 2 heterocycles. The molecule has 0 unspecified atom stereocenters. The van der Waals surface area contributed by atoms with Crippen molar-refractivity contribution in [3.8, 4) is 16.6 Å². The van der Waals surface area contributed by atoms with Crippen LogP contribution in [0.5, 0.6) is 0 Å². The van der Waals surface area contributed by atoms with Gasteiger partial charge in [0.2, 0.25) is 5.91 Å². The summed E-state index contributed by atoms with van der Waals surface area (Å²) in [7, 11) is 0. The van der Waals surface area contributed by atoms with Gasteiger partial charge in [0, 0.05) is 34.6 Å². The molecule has 0 aliphatic carbocycles. The van der Waals surface area contributed by atoms with Gasteiger partial charge in [-0.2, -0.15) is 5.26 Å². The van der Waals surface area contributed by atoms with Crippen molar-refractivity contribution in [1.29, 1.82) is 5.26 Å². The summed E-state index contributed by atoms with van der Waals surface area (Å²) in [6.07, 6.45) is 3.94. The van der Waals surface area contributed by atoms with Gasteiger partial charge in [0.15, 0.2) is 0 Å². The summed E-state index contributed by atoms with van der Waals surface area (Å²) in [5.74, 6) is 0.211. The van der Waals surface area contributed by atoms with Crippen molar-refractivity contribution in [2.75, 3.05) is 11.9 Å². The maximum absolute atomic E-state index is 12.7. The SMILES string of the molecule is CC(C)C[C@H](NC(=O)c1ccc(Nc2csc(-c3ccncc3)n2)cc1)C(=O)NCC#N. The van der Waals surface area contributed by atoms with Gasteiger partial charge >= 0.3 is 0 Å². The molecular weight excluding hydrogens is 424 g/mol. The van der Waals surface area contributed by atoms with Gasteiger partial charge in [-0.15, -0.1) is 11.3 Å². The second-order valence-electron chi connectivity index (χ2n) is 7.51. The highest BCUT2D eigenvalue weighted by molar-refractivity contribution is 7.13. The highest BCUT2D eigenvalue weighted by Crippen LogP contribution is 2.27. The number of nitrogens with zero attached hydrogens (tertiary/aromatic N) is 3. The molecular formula is C23H24N6O2S. The van der Waals surface area contributed by atoms with E-state index in [0.29, 0.717) is 17.8 Å². The third kappa shape index (κ3) is 6.36. The quantitative estimate of drug-likeness (QED) is 0.429. The van der Waals surface area contributed by atoms with Gasteiger partial charge in [0.25, 0.3) is 5.91 Å². The van der Waals surface area contributed by atoms with Gasteiger partial charge in [0.1, 0.15) is 23.4 Å². The van der Waals surface area contributed by atoms with Crippen molar-refractivity contribution in [3.05, 3.63) is 59.7 Å². The Morgan fingerprint density at radius 1 is 1.12 bits per heavy atom. The standard InChI is InChI=1S/C23H24N6O2S/c1-15(2)13-19(22(31)26-12-9-24)28-21(30)16-3-5-18(6-4-16)27-20-14-32-23(29-20)17-7-10-25-11-8-17/h3-8,10-11,14-15,19,27H,12-13H2,1-2H3,(H,26,31)(H,28,30)/t19-/m0/s1. The molecule has 1 aromatic carbocycles. The van der Waals surface area contributed by atoms with Crippen LogP contribution in [-0.2, 0) is 4.79 Å². The number of rotatable bonds is 9. The molecule has 0 spiro atoms. The first-order valence-corrected chi connectivity index (χ1v) is 11.0. The van der Waals surface area contributed by atoms with E-state index in [0.717, 1.165) is 16.3 Å². The van der Waals surface area contributed by atoms with Gasteiger partial charge in [-0.05, 0) is 48.7 Å². The van der Waals surface area contributed by atoms with Crippen LogP contribution in [0, 0.1) is 17.2 Å². The molecule has 0 saturated heterocycles. The van der Waals surface area contributed by atoms with E-state index in [9.17, 15) is 9.59 Å². The van der Waals surface area contributed by atoms with Crippen LogP contribution < -0.4 is 16.0 Å². The highest BCUT2D eigenvalue weighted by atomic mass is 32.1. The average Bonchev–Trinajstić information content (AvgIpc) is 3.26. The zero-order chi connectivity index (χ0) is 22.9. The van der Waals surface area contributed by atoms with Gasteiger partial charge < -0.3 is 16.0 Å². The van der Waals surface area contributed by atoms with E-state index in [1.165, 1.54) is 11.3 Å². The Morgan fingerprint density at radius 3 is 2.50 bits per heavy atom. The number of hydrogen-bond donors (Lipinski definition) is 3. The third-order valence-electron chi connectivity index (χ3n) is 4.52. The summed E-state index contributed by atoms with van der Waals surface area (Å²) >= 11 is 1.53. The molecule has 3 rings (SSSR count). The number of nitriles is 1. The van der Waals surface area contributed by atoms with E-state index in [2.05, 4.69) is 25.9 Å². The largest absolute Gasteiger partial charge is 0.341 e. The molecule has 3 aromatic rings. The van der Waals surface area contributed by atoms with Crippen LogP contribution in [0.15, 0.2) is 54.2 Å². The lowest BCUT2D eigenvalue weighted by Gasteiger charge is -2.19. The van der Waals surface area contributed by atoms with Crippen molar-refractivity contribution in [3.63, 3.8) is 0 Å². The van der Waals surface area contributed by atoms with Crippen LogP contribution >= 0.6 is 11.3 Å². The van der Waals surface area contributed by atoms with Crippen LogP contribution in [0.4, 0.5) is 11.5 Å². The van der Waals surface area contributed by atoms with Crippen molar-refractivity contribution < 1.29 is 9.59 Å². The molecule has 0 saturated carbocycles. The smallest absolute Gasteiger partial charge is 0.251 e. The number of aromatic nitrogens is 2. The Hall–Kier alpha value is -3.77. The van der Waals surface area contributed by atoms with E-state index in [1.807, 2.05) is 37.4 Å². The molecule has 2 amide bonds. The molecule has 2 aromatic heterocycles. The monoisotopic (exact) mass is 448 g/mol. The Morgan fingerprint density at radius 2 is 1.84 bits per heavy atom. The summed E-state index contributed by atoms with van der Waals surface area (Å²) in [6, 6.07) is 11.9. The van der Waals surface area contributed by atoms with Crippen molar-refractivity contribution >= 4 is 34.7 Å². The van der Waals surface area contributed by atoms with Crippen LogP contribution in [0.1, 0.15) is 30.6 Å². The molecule has 32 heavy (non-hydrogen) atoms. The first-order chi connectivity index (χ1) is 15.5. The van der Waals surface area contributed by atoms with Crippen molar-refractivity contribution in [2.45, 2.75) is 26.3 Å². The molecule has 8 nitrogen and oxygen atoms in total. The maximum Gasteiger partial charge on any atom is 0.251 e. The normalized spacial score (nSPS) is 11.4. The topological polar surface area (TPSA) is 120 Å². The number of benzene rings is 1. The fourth-order valence-corrected chi connectivity index (χ4v) is 3.76. The van der Waals surface area contributed by atoms with E-state index >= 15 is 0 Å². The Bertz CT molecular complexity index is 1090. The Labute approximate surface area is 190 Å². The van der Waals surface area contributed by atoms with E-state index in [-0.39, 0.29) is 24.3 Å². The third-order valence-corrected chi connectivity index (χ3v) is 5.41. The van der Waals surface area contributed by atoms with Gasteiger partial charge in [0.05, 0.1) is 6.07 Å². The zero-order valence-electron chi connectivity index (χ0n) is 17.8. The first-order valence-electron chi connectivity index (χ1n) is 10.1. The average molecular weight is 449 g/mol. The predicted octanol–water partition coefficient (Wildman–Crippen LogP) is 3.73. The van der Waals surface area contributed by atoms with Gasteiger partial charge in [-0.25, -0.2) is 4.98 Å². The van der Waals surface area contributed by atoms with Gasteiger partial charge in [-0.3, -0.25) is 14.6 Å². The zero-order valence-corrected chi connectivity index (χ0v) is 18.6. The number of thiazole rings is 1. The lowest BCUT2D eigenvalue weighted by molar-refractivity contribution is -0.123. The first kappa shape index (κ1) is 22.9. The minimum Gasteiger partial charge on any atom is -0.341 e.